The summed E-state index contributed by atoms with van der Waals surface area (Å²) in [6.07, 6.45) is 1.52. The smallest absolute Gasteiger partial charge is 0.341 e. The molecule has 0 saturated carbocycles. The van der Waals surface area contributed by atoms with E-state index in [0.29, 0.717) is 21.9 Å². The quantitative estimate of drug-likeness (QED) is 0.938. The van der Waals surface area contributed by atoms with Crippen LogP contribution < -0.4 is 9.47 Å². The molecule has 0 unspecified atom stereocenters. The van der Waals surface area contributed by atoms with Crippen LogP contribution in [0.15, 0.2) is 30.5 Å². The highest BCUT2D eigenvalue weighted by Gasteiger charge is 2.15. The fourth-order valence-electron chi connectivity index (χ4n) is 1.82. The topological polar surface area (TPSA) is 68.7 Å². The van der Waals surface area contributed by atoms with Crippen LogP contribution in [-0.4, -0.2) is 30.3 Å². The van der Waals surface area contributed by atoms with Crippen molar-refractivity contribution in [3.63, 3.8) is 0 Å². The van der Waals surface area contributed by atoms with Crippen molar-refractivity contribution in [3.05, 3.63) is 41.0 Å². The Hall–Kier alpha value is -2.27. The van der Waals surface area contributed by atoms with Gasteiger partial charge in [-0.2, -0.15) is 0 Å². The Labute approximate surface area is 120 Å². The van der Waals surface area contributed by atoms with Crippen molar-refractivity contribution in [1.82, 2.24) is 4.98 Å². The van der Waals surface area contributed by atoms with Crippen molar-refractivity contribution in [2.24, 2.45) is 0 Å². The van der Waals surface area contributed by atoms with Gasteiger partial charge in [-0.05, 0) is 24.3 Å². The van der Waals surface area contributed by atoms with Gasteiger partial charge in [0.1, 0.15) is 11.3 Å². The van der Waals surface area contributed by atoms with Gasteiger partial charge in [-0.1, -0.05) is 11.6 Å². The maximum atomic E-state index is 11.2. The molecule has 1 N–H and O–H groups in total. The van der Waals surface area contributed by atoms with Crippen molar-refractivity contribution < 1.29 is 19.4 Å². The molecule has 2 aromatic rings. The molecule has 20 heavy (non-hydrogen) atoms. The molecule has 0 radical (unpaired) electrons. The molecule has 0 fully saturated rings. The lowest BCUT2D eigenvalue weighted by Crippen LogP contribution is -2.03. The number of aromatic carboxylic acids is 1. The van der Waals surface area contributed by atoms with Crippen LogP contribution in [0.3, 0.4) is 0 Å². The van der Waals surface area contributed by atoms with E-state index < -0.39 is 5.97 Å². The number of aromatic nitrogens is 1. The predicted molar refractivity (Wildman–Crippen MR) is 74.7 cm³/mol. The molecule has 1 aromatic carbocycles. The molecule has 2 rings (SSSR count). The van der Waals surface area contributed by atoms with Crippen LogP contribution in [0.5, 0.6) is 11.6 Å². The van der Waals surface area contributed by atoms with Gasteiger partial charge in [0.15, 0.2) is 0 Å². The minimum Gasteiger partial charge on any atom is -0.496 e. The Morgan fingerprint density at radius 3 is 2.60 bits per heavy atom. The van der Waals surface area contributed by atoms with E-state index in [2.05, 4.69) is 4.98 Å². The Bertz CT molecular complexity index is 658. The number of hydrogen-bond acceptors (Lipinski definition) is 4. The molecule has 104 valence electrons. The molecule has 0 aliphatic carbocycles. The zero-order valence-electron chi connectivity index (χ0n) is 10.9. The standard InChI is InChI=1S/C14H12ClNO4/c1-19-12-6-9(15)3-4-10(12)8-5-11(14(17)18)13(20-2)16-7-8/h3-7H,1-2H3,(H,17,18). The van der Waals surface area contributed by atoms with Gasteiger partial charge in [0.25, 0.3) is 0 Å². The second-order valence-electron chi connectivity index (χ2n) is 3.93. The fraction of sp³-hybridized carbons (Fsp3) is 0.143. The minimum atomic E-state index is -1.11. The van der Waals surface area contributed by atoms with Crippen LogP contribution in [0, 0.1) is 0 Å². The van der Waals surface area contributed by atoms with E-state index in [-0.39, 0.29) is 11.4 Å². The van der Waals surface area contributed by atoms with Gasteiger partial charge in [0.05, 0.1) is 14.2 Å². The second-order valence-corrected chi connectivity index (χ2v) is 4.37. The minimum absolute atomic E-state index is 0.0120. The highest BCUT2D eigenvalue weighted by Crippen LogP contribution is 2.33. The third-order valence-corrected chi connectivity index (χ3v) is 2.98. The van der Waals surface area contributed by atoms with Gasteiger partial charge in [-0.15, -0.1) is 0 Å². The van der Waals surface area contributed by atoms with Gasteiger partial charge in [0.2, 0.25) is 5.88 Å². The summed E-state index contributed by atoms with van der Waals surface area (Å²) in [5.41, 5.74) is 1.30. The molecule has 0 amide bonds. The summed E-state index contributed by atoms with van der Waals surface area (Å²) in [5, 5.41) is 9.70. The largest absolute Gasteiger partial charge is 0.496 e. The SMILES string of the molecule is COc1cc(Cl)ccc1-c1cnc(OC)c(C(=O)O)c1. The van der Waals surface area contributed by atoms with Crippen molar-refractivity contribution in [3.8, 4) is 22.8 Å². The van der Waals surface area contributed by atoms with E-state index in [1.165, 1.54) is 26.5 Å². The first-order valence-electron chi connectivity index (χ1n) is 5.68. The molecule has 0 aliphatic rings. The second kappa shape index (κ2) is 5.79. The van der Waals surface area contributed by atoms with Crippen LogP contribution in [-0.2, 0) is 0 Å². The molecule has 0 aliphatic heterocycles. The first-order valence-corrected chi connectivity index (χ1v) is 6.06. The molecular formula is C14H12ClNO4. The predicted octanol–water partition coefficient (Wildman–Crippen LogP) is 3.12. The number of hydrogen-bond donors (Lipinski definition) is 1. The average molecular weight is 294 g/mol. The van der Waals surface area contributed by atoms with Crippen LogP contribution in [0.2, 0.25) is 5.02 Å². The van der Waals surface area contributed by atoms with Gasteiger partial charge >= 0.3 is 5.97 Å². The van der Waals surface area contributed by atoms with E-state index in [4.69, 9.17) is 26.2 Å². The zero-order valence-corrected chi connectivity index (χ0v) is 11.6. The van der Waals surface area contributed by atoms with E-state index in [9.17, 15) is 4.79 Å². The highest BCUT2D eigenvalue weighted by molar-refractivity contribution is 6.30. The number of rotatable bonds is 4. The van der Waals surface area contributed by atoms with Crippen LogP contribution in [0.25, 0.3) is 11.1 Å². The molecule has 0 bridgehead atoms. The maximum Gasteiger partial charge on any atom is 0.341 e. The highest BCUT2D eigenvalue weighted by atomic mass is 35.5. The third kappa shape index (κ3) is 2.67. The number of carboxylic acids is 1. The van der Waals surface area contributed by atoms with Crippen molar-refractivity contribution in [1.29, 1.82) is 0 Å². The van der Waals surface area contributed by atoms with Crippen molar-refractivity contribution >= 4 is 17.6 Å². The van der Waals surface area contributed by atoms with E-state index in [0.717, 1.165) is 0 Å². The number of benzene rings is 1. The third-order valence-electron chi connectivity index (χ3n) is 2.75. The maximum absolute atomic E-state index is 11.2. The van der Waals surface area contributed by atoms with E-state index in [1.54, 1.807) is 18.2 Å². The molecule has 1 aromatic heterocycles. The van der Waals surface area contributed by atoms with Gasteiger partial charge in [0, 0.05) is 22.3 Å². The molecule has 0 atom stereocenters. The van der Waals surface area contributed by atoms with Crippen LogP contribution in [0.4, 0.5) is 0 Å². The lowest BCUT2D eigenvalue weighted by Gasteiger charge is -2.10. The van der Waals surface area contributed by atoms with Gasteiger partial charge < -0.3 is 14.6 Å². The molecule has 5 nitrogen and oxygen atoms in total. The number of pyridine rings is 1. The monoisotopic (exact) mass is 293 g/mol. The summed E-state index contributed by atoms with van der Waals surface area (Å²) in [4.78, 5) is 15.2. The van der Waals surface area contributed by atoms with Gasteiger partial charge in [-0.3, -0.25) is 0 Å². The molecule has 1 heterocycles. The van der Waals surface area contributed by atoms with E-state index in [1.807, 2.05) is 0 Å². The molecule has 0 saturated heterocycles. The van der Waals surface area contributed by atoms with E-state index >= 15 is 0 Å². The summed E-state index contributed by atoms with van der Waals surface area (Å²) < 4.78 is 10.2. The summed E-state index contributed by atoms with van der Waals surface area (Å²) in [6, 6.07) is 6.59. The lowest BCUT2D eigenvalue weighted by molar-refractivity contribution is 0.0692. The number of ether oxygens (including phenoxy) is 2. The van der Waals surface area contributed by atoms with Crippen molar-refractivity contribution in [2.75, 3.05) is 14.2 Å². The number of methoxy groups -OCH3 is 2. The van der Waals surface area contributed by atoms with Crippen LogP contribution >= 0.6 is 11.6 Å². The Morgan fingerprint density at radius 1 is 1.25 bits per heavy atom. The first-order chi connectivity index (χ1) is 9.56. The number of nitrogens with zero attached hydrogens (tertiary/aromatic N) is 1. The summed E-state index contributed by atoms with van der Waals surface area (Å²) in [5.74, 6) is -0.501. The summed E-state index contributed by atoms with van der Waals surface area (Å²) in [7, 11) is 2.89. The number of carbonyl (C=O) groups is 1. The fourth-order valence-corrected chi connectivity index (χ4v) is 1.98. The first kappa shape index (κ1) is 14.1. The zero-order chi connectivity index (χ0) is 14.7. The normalized spacial score (nSPS) is 10.2. The molecule has 6 heteroatoms. The Kier molecular flexibility index (Phi) is 4.10. The number of carboxylic acid groups (broad SMARTS) is 1. The van der Waals surface area contributed by atoms with Crippen LogP contribution in [0.1, 0.15) is 10.4 Å². The molecular weight excluding hydrogens is 282 g/mol. The van der Waals surface area contributed by atoms with Crippen molar-refractivity contribution in [2.45, 2.75) is 0 Å². The number of halogens is 1. The Balaban J connectivity index is 2.59. The molecule has 0 spiro atoms. The average Bonchev–Trinajstić information content (AvgIpc) is 2.46. The Morgan fingerprint density at radius 2 is 2.00 bits per heavy atom. The lowest BCUT2D eigenvalue weighted by atomic mass is 10.0. The summed E-state index contributed by atoms with van der Waals surface area (Å²) in [6.45, 7) is 0. The van der Waals surface area contributed by atoms with Gasteiger partial charge in [-0.25, -0.2) is 9.78 Å². The summed E-state index contributed by atoms with van der Waals surface area (Å²) >= 11 is 5.90.